The summed E-state index contributed by atoms with van der Waals surface area (Å²) in [6.07, 6.45) is 2.32. The molecule has 0 saturated carbocycles. The fourth-order valence-electron chi connectivity index (χ4n) is 3.78. The Morgan fingerprint density at radius 3 is 2.88 bits per heavy atom. The number of aromatic nitrogens is 1. The van der Waals surface area contributed by atoms with Crippen molar-refractivity contribution < 1.29 is 13.9 Å². The molecule has 0 spiro atoms. The van der Waals surface area contributed by atoms with E-state index in [0.717, 1.165) is 17.8 Å². The monoisotopic (exact) mass is 454 g/mol. The van der Waals surface area contributed by atoms with Crippen molar-refractivity contribution >= 4 is 23.1 Å². The maximum Gasteiger partial charge on any atom is 0.257 e. The Bertz CT molecular complexity index is 1060. The van der Waals surface area contributed by atoms with Gasteiger partial charge in [-0.15, -0.1) is 11.3 Å². The molecule has 0 fully saturated rings. The molecule has 1 unspecified atom stereocenters. The van der Waals surface area contributed by atoms with Crippen LogP contribution < -0.4 is 15.0 Å². The molecule has 6 nitrogen and oxygen atoms in total. The molecule has 2 aromatic heterocycles. The summed E-state index contributed by atoms with van der Waals surface area (Å²) >= 11 is 1.63. The Kier molecular flexibility index (Phi) is 7.02. The standard InChI is InChI=1S/C24H27FN4O2S/c1-26-11-9-21(22-6-4-14-32-22)31-18-8-7-17(20(25)15-18)16-29-13-12-28(2)23-19(24(29)30)5-3-10-27-23/h3-8,10,14-15,21,26H,9,11-13,16H2,1-2H3. The Morgan fingerprint density at radius 2 is 2.12 bits per heavy atom. The Hall–Kier alpha value is -2.97. The fraction of sp³-hybridized carbons (Fsp3) is 0.333. The Balaban J connectivity index is 1.49. The summed E-state index contributed by atoms with van der Waals surface area (Å²) in [5.41, 5.74) is 1.000. The highest BCUT2D eigenvalue weighted by Gasteiger charge is 2.26. The molecule has 3 aromatic rings. The molecule has 0 aliphatic carbocycles. The van der Waals surface area contributed by atoms with Crippen LogP contribution in [0.15, 0.2) is 54.0 Å². The summed E-state index contributed by atoms with van der Waals surface area (Å²) in [6.45, 7) is 2.12. The van der Waals surface area contributed by atoms with Crippen LogP contribution in [0.5, 0.6) is 5.75 Å². The van der Waals surface area contributed by atoms with Crippen molar-refractivity contribution in [3.8, 4) is 5.75 Å². The van der Waals surface area contributed by atoms with Gasteiger partial charge in [-0.25, -0.2) is 9.37 Å². The highest BCUT2D eigenvalue weighted by molar-refractivity contribution is 7.10. The van der Waals surface area contributed by atoms with E-state index in [0.29, 0.717) is 35.8 Å². The number of rotatable bonds is 8. The summed E-state index contributed by atoms with van der Waals surface area (Å²) in [4.78, 5) is 22.1. The highest BCUT2D eigenvalue weighted by atomic mass is 32.1. The first-order valence-corrected chi connectivity index (χ1v) is 11.5. The molecular formula is C24H27FN4O2S. The van der Waals surface area contributed by atoms with Crippen LogP contribution in [0.3, 0.4) is 0 Å². The highest BCUT2D eigenvalue weighted by Crippen LogP contribution is 2.29. The fourth-order valence-corrected chi connectivity index (χ4v) is 4.57. The average molecular weight is 455 g/mol. The Labute approximate surface area is 191 Å². The quantitative estimate of drug-likeness (QED) is 0.555. The number of pyridine rings is 1. The van der Waals surface area contributed by atoms with Gasteiger partial charge in [0.1, 0.15) is 23.5 Å². The number of benzene rings is 1. The van der Waals surface area contributed by atoms with E-state index in [9.17, 15) is 4.79 Å². The second kappa shape index (κ2) is 10.1. The number of nitrogens with zero attached hydrogens (tertiary/aromatic N) is 3. The number of carbonyl (C=O) groups is 1. The van der Waals surface area contributed by atoms with E-state index in [1.807, 2.05) is 36.5 Å². The predicted octanol–water partition coefficient (Wildman–Crippen LogP) is 4.10. The van der Waals surface area contributed by atoms with E-state index in [2.05, 4.69) is 10.3 Å². The number of amides is 1. The number of nitrogens with one attached hydrogen (secondary N) is 1. The molecular weight excluding hydrogens is 427 g/mol. The minimum Gasteiger partial charge on any atom is -0.485 e. The van der Waals surface area contributed by atoms with E-state index < -0.39 is 0 Å². The van der Waals surface area contributed by atoms with E-state index in [1.165, 1.54) is 6.07 Å². The molecule has 1 N–H and O–H groups in total. The zero-order valence-corrected chi connectivity index (χ0v) is 19.1. The summed E-state index contributed by atoms with van der Waals surface area (Å²) in [6, 6.07) is 12.4. The van der Waals surface area contributed by atoms with Crippen LogP contribution in [0, 0.1) is 5.82 Å². The van der Waals surface area contributed by atoms with Gasteiger partial charge in [0, 0.05) is 55.8 Å². The van der Waals surface area contributed by atoms with E-state index >= 15 is 4.39 Å². The summed E-state index contributed by atoms with van der Waals surface area (Å²) in [7, 11) is 3.81. The zero-order chi connectivity index (χ0) is 22.5. The van der Waals surface area contributed by atoms with Crippen LogP contribution in [0.2, 0.25) is 0 Å². The van der Waals surface area contributed by atoms with Crippen LogP contribution in [0.1, 0.15) is 33.3 Å². The molecule has 0 bridgehead atoms. The van der Waals surface area contributed by atoms with Gasteiger partial charge in [-0.2, -0.15) is 0 Å². The van der Waals surface area contributed by atoms with Crippen LogP contribution >= 0.6 is 11.3 Å². The lowest BCUT2D eigenvalue weighted by Gasteiger charge is -2.22. The van der Waals surface area contributed by atoms with Crippen molar-refractivity contribution in [2.45, 2.75) is 19.1 Å². The van der Waals surface area contributed by atoms with Crippen molar-refractivity contribution in [1.82, 2.24) is 15.2 Å². The number of fused-ring (bicyclic) bond motifs is 1. The molecule has 168 valence electrons. The molecule has 1 aliphatic heterocycles. The third-order valence-electron chi connectivity index (χ3n) is 5.55. The number of hydrogen-bond acceptors (Lipinski definition) is 6. The van der Waals surface area contributed by atoms with Gasteiger partial charge in [-0.1, -0.05) is 12.1 Å². The normalized spacial score (nSPS) is 14.8. The van der Waals surface area contributed by atoms with Crippen molar-refractivity contribution in [1.29, 1.82) is 0 Å². The van der Waals surface area contributed by atoms with E-state index in [-0.39, 0.29) is 24.4 Å². The van der Waals surface area contributed by atoms with Crippen LogP contribution in [0.4, 0.5) is 10.2 Å². The van der Waals surface area contributed by atoms with Gasteiger partial charge in [-0.3, -0.25) is 4.79 Å². The summed E-state index contributed by atoms with van der Waals surface area (Å²) < 4.78 is 21.1. The third kappa shape index (κ3) is 4.92. The van der Waals surface area contributed by atoms with Gasteiger partial charge in [0.05, 0.1) is 5.56 Å². The number of ether oxygens (including phenoxy) is 1. The first kappa shape index (κ1) is 22.2. The van der Waals surface area contributed by atoms with Crippen molar-refractivity contribution in [2.24, 2.45) is 0 Å². The molecule has 0 saturated heterocycles. The minimum atomic E-state index is -0.377. The van der Waals surface area contributed by atoms with Gasteiger partial charge >= 0.3 is 0 Å². The van der Waals surface area contributed by atoms with Gasteiger partial charge in [-0.05, 0) is 43.2 Å². The number of hydrogen-bond donors (Lipinski definition) is 1. The van der Waals surface area contributed by atoms with Crippen LogP contribution in [0.25, 0.3) is 0 Å². The van der Waals surface area contributed by atoms with Gasteiger partial charge < -0.3 is 19.9 Å². The molecule has 4 rings (SSSR count). The number of anilines is 1. The van der Waals surface area contributed by atoms with E-state index in [4.69, 9.17) is 4.74 Å². The van der Waals surface area contributed by atoms with Gasteiger partial charge in [0.25, 0.3) is 5.91 Å². The van der Waals surface area contributed by atoms with E-state index in [1.54, 1.807) is 46.7 Å². The summed E-state index contributed by atoms with van der Waals surface area (Å²) in [5.74, 6) is 0.627. The molecule has 1 aliphatic rings. The molecule has 1 atom stereocenters. The summed E-state index contributed by atoms with van der Waals surface area (Å²) in [5, 5.41) is 5.15. The Morgan fingerprint density at radius 1 is 1.25 bits per heavy atom. The molecule has 1 amide bonds. The number of thiophene rings is 1. The number of halogens is 1. The molecule has 1 aromatic carbocycles. The maximum absolute atomic E-state index is 15.0. The largest absolute Gasteiger partial charge is 0.485 e. The molecule has 0 radical (unpaired) electrons. The first-order chi connectivity index (χ1) is 15.6. The smallest absolute Gasteiger partial charge is 0.257 e. The van der Waals surface area contributed by atoms with Gasteiger partial charge in [0.2, 0.25) is 0 Å². The van der Waals surface area contributed by atoms with Gasteiger partial charge in [0.15, 0.2) is 0 Å². The predicted molar refractivity (Wildman–Crippen MR) is 125 cm³/mol. The van der Waals surface area contributed by atoms with Crippen molar-refractivity contribution in [3.63, 3.8) is 0 Å². The van der Waals surface area contributed by atoms with Crippen molar-refractivity contribution in [2.75, 3.05) is 38.6 Å². The SMILES string of the molecule is CNCCC(Oc1ccc(CN2CCN(C)c3ncccc3C2=O)c(F)c1)c1cccs1. The lowest BCUT2D eigenvalue weighted by Crippen LogP contribution is -2.33. The average Bonchev–Trinajstić information content (AvgIpc) is 3.31. The maximum atomic E-state index is 15.0. The van der Waals surface area contributed by atoms with Crippen LogP contribution in [-0.2, 0) is 6.54 Å². The molecule has 3 heterocycles. The number of likely N-dealkylation sites (N-methyl/N-ethyl adjacent to an activating group) is 1. The number of carbonyl (C=O) groups excluding carboxylic acids is 1. The molecule has 8 heteroatoms. The lowest BCUT2D eigenvalue weighted by atomic mass is 10.1. The zero-order valence-electron chi connectivity index (χ0n) is 18.3. The minimum absolute atomic E-state index is 0.137. The third-order valence-corrected chi connectivity index (χ3v) is 6.52. The van der Waals surface area contributed by atoms with Crippen molar-refractivity contribution in [3.05, 3.63) is 75.9 Å². The topological polar surface area (TPSA) is 57.7 Å². The van der Waals surface area contributed by atoms with Crippen LogP contribution in [-0.4, -0.2) is 49.5 Å². The second-order valence-electron chi connectivity index (χ2n) is 7.79. The molecule has 32 heavy (non-hydrogen) atoms. The second-order valence-corrected chi connectivity index (χ2v) is 8.77. The first-order valence-electron chi connectivity index (χ1n) is 10.7. The lowest BCUT2D eigenvalue weighted by molar-refractivity contribution is 0.0753.